The highest BCUT2D eigenvalue weighted by molar-refractivity contribution is 6.30. The molecule has 20 heavy (non-hydrogen) atoms. The smallest absolute Gasteiger partial charge is 0.209 e. The topological polar surface area (TPSA) is 46.7 Å². The van der Waals surface area contributed by atoms with Gasteiger partial charge in [-0.25, -0.2) is 13.8 Å². The molecule has 7 heteroatoms. The Morgan fingerprint density at radius 1 is 1.20 bits per heavy atom. The number of rotatable bonds is 2. The fourth-order valence-corrected chi connectivity index (χ4v) is 2.11. The van der Waals surface area contributed by atoms with Crippen LogP contribution in [0.3, 0.4) is 0 Å². The highest BCUT2D eigenvalue weighted by Gasteiger charge is 2.18. The largest absolute Gasteiger partial charge is 0.280 e. The van der Waals surface area contributed by atoms with Crippen molar-refractivity contribution in [1.82, 2.24) is 9.38 Å². The summed E-state index contributed by atoms with van der Waals surface area (Å²) in [7, 11) is 0. The minimum absolute atomic E-state index is 0.0285. The van der Waals surface area contributed by atoms with Crippen molar-refractivity contribution in [2.75, 3.05) is 0 Å². The van der Waals surface area contributed by atoms with Gasteiger partial charge in [-0.1, -0.05) is 11.6 Å². The van der Waals surface area contributed by atoms with E-state index in [2.05, 4.69) is 10.2 Å². The van der Waals surface area contributed by atoms with Gasteiger partial charge in [0, 0.05) is 11.8 Å². The first kappa shape index (κ1) is 12.7. The van der Waals surface area contributed by atoms with Crippen molar-refractivity contribution in [1.29, 1.82) is 0 Å². The zero-order chi connectivity index (χ0) is 14.3. The van der Waals surface area contributed by atoms with E-state index in [9.17, 15) is 13.7 Å². The molecule has 0 amide bonds. The molecule has 4 nitrogen and oxygen atoms in total. The average Bonchev–Trinajstić information content (AvgIpc) is 2.79. The second-order valence-corrected chi connectivity index (χ2v) is 4.51. The number of fused-ring (bicyclic) bond motifs is 1. The van der Waals surface area contributed by atoms with Gasteiger partial charge in [-0.3, -0.25) is 4.40 Å². The molecule has 0 aliphatic carbocycles. The van der Waals surface area contributed by atoms with Crippen LogP contribution >= 0.6 is 11.6 Å². The second kappa shape index (κ2) is 4.64. The fraction of sp³-hybridized carbons (Fsp3) is 0. The Hall–Kier alpha value is -2.34. The Balaban J connectivity index is 2.36. The van der Waals surface area contributed by atoms with E-state index in [1.165, 1.54) is 10.6 Å². The minimum Gasteiger partial charge on any atom is -0.280 e. The monoisotopic (exact) mass is 293 g/mol. The zero-order valence-electron chi connectivity index (χ0n) is 9.85. The highest BCUT2D eigenvalue weighted by atomic mass is 35.5. The first-order valence-electron chi connectivity index (χ1n) is 5.56. The van der Waals surface area contributed by atoms with Crippen molar-refractivity contribution in [3.8, 4) is 11.3 Å². The van der Waals surface area contributed by atoms with Crippen LogP contribution in [0.5, 0.6) is 0 Å². The molecule has 0 aliphatic rings. The van der Waals surface area contributed by atoms with Crippen LogP contribution in [0.15, 0.2) is 41.7 Å². The zero-order valence-corrected chi connectivity index (χ0v) is 10.6. The molecule has 0 fully saturated rings. The van der Waals surface area contributed by atoms with Crippen LogP contribution in [0.25, 0.3) is 16.9 Å². The number of pyridine rings is 1. The van der Waals surface area contributed by atoms with Crippen molar-refractivity contribution < 1.29 is 8.78 Å². The van der Waals surface area contributed by atoms with E-state index >= 15 is 0 Å². The van der Waals surface area contributed by atoms with Crippen molar-refractivity contribution in [2.24, 2.45) is 5.18 Å². The van der Waals surface area contributed by atoms with E-state index in [0.717, 1.165) is 18.2 Å². The Labute approximate surface area is 116 Å². The second-order valence-electron chi connectivity index (χ2n) is 4.07. The van der Waals surface area contributed by atoms with Crippen LogP contribution < -0.4 is 0 Å². The van der Waals surface area contributed by atoms with E-state index < -0.39 is 11.6 Å². The number of imidazole rings is 1. The lowest BCUT2D eigenvalue weighted by atomic mass is 10.1. The van der Waals surface area contributed by atoms with Crippen LogP contribution in [0.4, 0.5) is 14.6 Å². The van der Waals surface area contributed by atoms with Crippen molar-refractivity contribution in [2.45, 2.75) is 0 Å². The Bertz CT molecular complexity index is 832. The summed E-state index contributed by atoms with van der Waals surface area (Å²) in [6, 6.07) is 6.05. The van der Waals surface area contributed by atoms with Crippen molar-refractivity contribution in [3.05, 3.63) is 58.1 Å². The molecule has 3 aromatic rings. The van der Waals surface area contributed by atoms with Crippen molar-refractivity contribution >= 4 is 23.1 Å². The third-order valence-corrected chi connectivity index (χ3v) is 3.05. The summed E-state index contributed by atoms with van der Waals surface area (Å²) in [4.78, 5) is 15.1. The summed E-state index contributed by atoms with van der Waals surface area (Å²) in [5.74, 6) is -1.45. The van der Waals surface area contributed by atoms with Gasteiger partial charge in [-0.05, 0) is 35.5 Å². The van der Waals surface area contributed by atoms with Crippen LogP contribution in [-0.4, -0.2) is 9.38 Å². The summed E-state index contributed by atoms with van der Waals surface area (Å²) < 4.78 is 28.4. The normalized spacial score (nSPS) is 10.9. The third kappa shape index (κ3) is 1.94. The van der Waals surface area contributed by atoms with Crippen LogP contribution in [0.2, 0.25) is 5.02 Å². The lowest BCUT2D eigenvalue weighted by molar-refractivity contribution is 0.603. The third-order valence-electron chi connectivity index (χ3n) is 2.83. The van der Waals surface area contributed by atoms with Gasteiger partial charge in [0.1, 0.15) is 23.0 Å². The van der Waals surface area contributed by atoms with E-state index in [-0.39, 0.29) is 17.1 Å². The van der Waals surface area contributed by atoms with Gasteiger partial charge in [0.15, 0.2) is 0 Å². The molecule has 0 spiro atoms. The SMILES string of the molecule is O=Nc1c(-c2cc(F)ccc2F)nc2ccc(Cl)cn12. The summed E-state index contributed by atoms with van der Waals surface area (Å²) in [5.41, 5.74) is 0.210. The Morgan fingerprint density at radius 3 is 2.75 bits per heavy atom. The molecule has 0 aliphatic heterocycles. The predicted molar refractivity (Wildman–Crippen MR) is 71.0 cm³/mol. The maximum atomic E-state index is 13.8. The van der Waals surface area contributed by atoms with Crippen LogP contribution in [0.1, 0.15) is 0 Å². The molecule has 0 saturated carbocycles. The molecule has 0 atom stereocenters. The maximum Gasteiger partial charge on any atom is 0.209 e. The number of hydrogen-bond acceptors (Lipinski definition) is 3. The van der Waals surface area contributed by atoms with Gasteiger partial charge < -0.3 is 0 Å². The Kier molecular flexibility index (Phi) is 2.94. The molecule has 2 heterocycles. The fourth-order valence-electron chi connectivity index (χ4n) is 1.95. The highest BCUT2D eigenvalue weighted by Crippen LogP contribution is 2.33. The van der Waals surface area contributed by atoms with Crippen LogP contribution in [0, 0.1) is 16.5 Å². The van der Waals surface area contributed by atoms with Gasteiger partial charge in [0.2, 0.25) is 5.82 Å². The number of halogens is 3. The maximum absolute atomic E-state index is 13.8. The van der Waals surface area contributed by atoms with E-state index in [1.54, 1.807) is 12.1 Å². The molecular formula is C13H6ClF2N3O. The van der Waals surface area contributed by atoms with Gasteiger partial charge in [-0.15, -0.1) is 4.91 Å². The first-order valence-corrected chi connectivity index (χ1v) is 5.94. The molecule has 1 aromatic carbocycles. The molecule has 0 radical (unpaired) electrons. The number of aromatic nitrogens is 2. The molecule has 0 unspecified atom stereocenters. The average molecular weight is 294 g/mol. The summed E-state index contributed by atoms with van der Waals surface area (Å²) in [5, 5.41) is 3.22. The summed E-state index contributed by atoms with van der Waals surface area (Å²) >= 11 is 5.83. The van der Waals surface area contributed by atoms with Gasteiger partial charge >= 0.3 is 0 Å². The standard InChI is InChI=1S/C13H6ClF2N3O/c14-7-1-4-11-17-12(13(18-20)19(11)6-7)9-5-8(15)2-3-10(9)16/h1-6H. The molecular weight excluding hydrogens is 288 g/mol. The van der Waals surface area contributed by atoms with E-state index in [0.29, 0.717) is 10.7 Å². The van der Waals surface area contributed by atoms with Gasteiger partial charge in [-0.2, -0.15) is 0 Å². The molecule has 3 rings (SSSR count). The number of hydrogen-bond donors (Lipinski definition) is 0. The van der Waals surface area contributed by atoms with Gasteiger partial charge in [0.05, 0.1) is 5.02 Å². The predicted octanol–water partition coefficient (Wildman–Crippen LogP) is 4.33. The first-order chi connectivity index (χ1) is 9.60. The summed E-state index contributed by atoms with van der Waals surface area (Å²) in [6.07, 6.45) is 1.43. The van der Waals surface area contributed by atoms with E-state index in [1.807, 2.05) is 0 Å². The lowest BCUT2D eigenvalue weighted by Crippen LogP contribution is -1.87. The lowest BCUT2D eigenvalue weighted by Gasteiger charge is -2.00. The number of nitroso groups, excluding NO2 is 1. The Morgan fingerprint density at radius 2 is 2.00 bits per heavy atom. The molecule has 2 aromatic heterocycles. The van der Waals surface area contributed by atoms with Crippen LogP contribution in [-0.2, 0) is 0 Å². The number of benzene rings is 1. The number of nitrogens with zero attached hydrogens (tertiary/aromatic N) is 3. The molecule has 0 saturated heterocycles. The van der Waals surface area contributed by atoms with Crippen molar-refractivity contribution in [3.63, 3.8) is 0 Å². The molecule has 0 bridgehead atoms. The minimum atomic E-state index is -0.689. The quantitative estimate of drug-likeness (QED) is 0.660. The van der Waals surface area contributed by atoms with E-state index in [4.69, 9.17) is 11.6 Å². The molecule has 0 N–H and O–H groups in total. The molecule has 100 valence electrons. The summed E-state index contributed by atoms with van der Waals surface area (Å²) in [6.45, 7) is 0. The van der Waals surface area contributed by atoms with Gasteiger partial charge in [0.25, 0.3) is 0 Å².